The summed E-state index contributed by atoms with van der Waals surface area (Å²) < 4.78 is 10.9. The highest BCUT2D eigenvalue weighted by Gasteiger charge is 2.42. The zero-order valence-corrected chi connectivity index (χ0v) is 10.0. The molecule has 0 aromatic rings. The van der Waals surface area contributed by atoms with E-state index in [4.69, 9.17) is 9.47 Å². The van der Waals surface area contributed by atoms with Crippen molar-refractivity contribution in [3.8, 4) is 0 Å². The maximum absolute atomic E-state index is 11.6. The van der Waals surface area contributed by atoms with Crippen LogP contribution in [0, 0.1) is 5.41 Å². The van der Waals surface area contributed by atoms with Crippen LogP contribution in [0.15, 0.2) is 0 Å². The molecule has 0 aromatic carbocycles. The first-order valence-electron chi connectivity index (χ1n) is 5.55. The molecule has 1 heterocycles. The van der Waals surface area contributed by atoms with Crippen molar-refractivity contribution in [1.29, 1.82) is 0 Å². The second kappa shape index (κ2) is 4.94. The molecule has 88 valence electrons. The predicted molar refractivity (Wildman–Crippen MR) is 57.4 cm³/mol. The van der Waals surface area contributed by atoms with Crippen LogP contribution in [0.2, 0.25) is 0 Å². The summed E-state index contributed by atoms with van der Waals surface area (Å²) >= 11 is 0. The van der Waals surface area contributed by atoms with Crippen LogP contribution in [0.5, 0.6) is 0 Å². The molecule has 1 rings (SSSR count). The van der Waals surface area contributed by atoms with E-state index in [1.54, 1.807) is 0 Å². The molecule has 4 heteroatoms. The van der Waals surface area contributed by atoms with E-state index >= 15 is 0 Å². The summed E-state index contributed by atoms with van der Waals surface area (Å²) in [6, 6.07) is -0.0209. The Hall–Kier alpha value is -0.610. The van der Waals surface area contributed by atoms with E-state index in [0.717, 1.165) is 6.42 Å². The lowest BCUT2D eigenvalue weighted by molar-refractivity contribution is -0.153. The Kier molecular flexibility index (Phi) is 4.11. The molecular formula is C11H21NO3. The number of hydrogen-bond donors (Lipinski definition) is 1. The van der Waals surface area contributed by atoms with E-state index in [2.05, 4.69) is 5.32 Å². The van der Waals surface area contributed by atoms with Crippen LogP contribution in [0.4, 0.5) is 0 Å². The highest BCUT2D eigenvalue weighted by molar-refractivity contribution is 5.84. The molecule has 1 saturated heterocycles. The summed E-state index contributed by atoms with van der Waals surface area (Å²) in [5.74, 6) is 0.0805. The number of ether oxygens (including phenoxy) is 2. The molecule has 1 aliphatic heterocycles. The second-order valence-electron chi connectivity index (χ2n) is 4.45. The van der Waals surface area contributed by atoms with Gasteiger partial charge in [0.05, 0.1) is 6.04 Å². The molecule has 15 heavy (non-hydrogen) atoms. The summed E-state index contributed by atoms with van der Waals surface area (Å²) in [4.78, 5) is 11.6. The maximum atomic E-state index is 11.6. The number of carbonyl (C=O) groups is 1. The first-order valence-corrected chi connectivity index (χ1v) is 5.55. The van der Waals surface area contributed by atoms with Gasteiger partial charge in [-0.3, -0.25) is 4.79 Å². The summed E-state index contributed by atoms with van der Waals surface area (Å²) in [6.45, 7) is 8.92. The lowest BCUT2D eigenvalue weighted by Crippen LogP contribution is -2.40. The van der Waals surface area contributed by atoms with E-state index < -0.39 is 0 Å². The van der Waals surface area contributed by atoms with E-state index in [9.17, 15) is 4.79 Å². The van der Waals surface area contributed by atoms with Crippen molar-refractivity contribution < 1.29 is 14.3 Å². The number of rotatable bonds is 5. The van der Waals surface area contributed by atoms with Gasteiger partial charge < -0.3 is 14.8 Å². The largest absolute Gasteiger partial charge is 0.351 e. The van der Waals surface area contributed by atoms with Crippen molar-refractivity contribution in [1.82, 2.24) is 5.32 Å². The van der Waals surface area contributed by atoms with Gasteiger partial charge >= 0.3 is 0 Å². The van der Waals surface area contributed by atoms with Gasteiger partial charge in [-0.2, -0.15) is 0 Å². The Morgan fingerprint density at radius 1 is 1.40 bits per heavy atom. The zero-order valence-electron chi connectivity index (χ0n) is 10.0. The Morgan fingerprint density at radius 3 is 2.27 bits per heavy atom. The molecule has 0 unspecified atom stereocenters. The van der Waals surface area contributed by atoms with Crippen molar-refractivity contribution in [2.75, 3.05) is 13.2 Å². The van der Waals surface area contributed by atoms with Crippen molar-refractivity contribution in [2.24, 2.45) is 5.41 Å². The predicted octanol–water partition coefficient (Wildman–Crippen LogP) is 1.30. The summed E-state index contributed by atoms with van der Waals surface area (Å²) in [7, 11) is 0. The van der Waals surface area contributed by atoms with Gasteiger partial charge in [-0.25, -0.2) is 0 Å². The summed E-state index contributed by atoms with van der Waals surface area (Å²) in [6.07, 6.45) is 0.446. The van der Waals surface area contributed by atoms with Gasteiger partial charge in [0, 0.05) is 18.6 Å². The quantitative estimate of drug-likeness (QED) is 0.703. The molecule has 1 aliphatic rings. The van der Waals surface area contributed by atoms with Gasteiger partial charge in [-0.1, -0.05) is 13.8 Å². The van der Waals surface area contributed by atoms with Gasteiger partial charge in [0.2, 0.25) is 5.91 Å². The van der Waals surface area contributed by atoms with Crippen LogP contribution in [0.3, 0.4) is 0 Å². The average molecular weight is 215 g/mol. The normalized spacial score (nSPS) is 24.6. The van der Waals surface area contributed by atoms with Crippen LogP contribution in [-0.4, -0.2) is 31.5 Å². The summed E-state index contributed by atoms with van der Waals surface area (Å²) in [5, 5.41) is 2.92. The number of amides is 1. The third kappa shape index (κ3) is 2.92. The van der Waals surface area contributed by atoms with Crippen LogP contribution < -0.4 is 5.32 Å². The average Bonchev–Trinajstić information content (AvgIpc) is 2.41. The molecule has 0 aromatic heterocycles. The van der Waals surface area contributed by atoms with Crippen LogP contribution in [-0.2, 0) is 14.3 Å². The van der Waals surface area contributed by atoms with Crippen molar-refractivity contribution in [2.45, 2.75) is 46.4 Å². The monoisotopic (exact) mass is 215 g/mol. The fraction of sp³-hybridized carbons (Fsp3) is 0.909. The molecule has 0 spiro atoms. The fourth-order valence-corrected chi connectivity index (χ4v) is 1.83. The number of hydrogen-bond acceptors (Lipinski definition) is 3. The lowest BCUT2D eigenvalue weighted by atomic mass is 9.90. The Morgan fingerprint density at radius 2 is 1.93 bits per heavy atom. The van der Waals surface area contributed by atoms with Gasteiger partial charge in [-0.05, 0) is 20.3 Å². The molecule has 1 fully saturated rings. The maximum Gasteiger partial charge on any atom is 0.226 e. The van der Waals surface area contributed by atoms with E-state index in [0.29, 0.717) is 13.2 Å². The molecular weight excluding hydrogens is 194 g/mol. The molecule has 0 saturated carbocycles. The Labute approximate surface area is 91.3 Å². The van der Waals surface area contributed by atoms with Gasteiger partial charge in [0.1, 0.15) is 0 Å². The summed E-state index contributed by atoms with van der Waals surface area (Å²) in [5.41, 5.74) is -0.308. The van der Waals surface area contributed by atoms with Crippen molar-refractivity contribution in [3.05, 3.63) is 0 Å². The smallest absolute Gasteiger partial charge is 0.226 e. The molecule has 1 N–H and O–H groups in total. The van der Waals surface area contributed by atoms with E-state index in [-0.39, 0.29) is 23.7 Å². The van der Waals surface area contributed by atoms with Crippen LogP contribution in [0.1, 0.15) is 34.1 Å². The molecule has 0 bridgehead atoms. The standard InChI is InChI=1S/C11H21NO3/c1-5-14-9(15-6-2)8-7-11(3,4)10(13)12-8/h8-9H,5-7H2,1-4H3,(H,12,13)/t8-/m1/s1. The molecule has 0 aliphatic carbocycles. The number of nitrogens with one attached hydrogen (secondary N) is 1. The van der Waals surface area contributed by atoms with Gasteiger partial charge in [0.25, 0.3) is 0 Å². The van der Waals surface area contributed by atoms with Crippen molar-refractivity contribution >= 4 is 5.91 Å². The first-order chi connectivity index (χ1) is 7.01. The Bertz CT molecular complexity index is 222. The highest BCUT2D eigenvalue weighted by Crippen LogP contribution is 2.30. The minimum Gasteiger partial charge on any atom is -0.351 e. The minimum atomic E-state index is -0.314. The highest BCUT2D eigenvalue weighted by atomic mass is 16.7. The number of carbonyl (C=O) groups excluding carboxylic acids is 1. The first kappa shape index (κ1) is 12.5. The molecule has 1 amide bonds. The van der Waals surface area contributed by atoms with Crippen LogP contribution in [0.25, 0.3) is 0 Å². The topological polar surface area (TPSA) is 47.6 Å². The van der Waals surface area contributed by atoms with Gasteiger partial charge in [-0.15, -0.1) is 0 Å². The minimum absolute atomic E-state index is 0.0209. The van der Waals surface area contributed by atoms with Crippen LogP contribution >= 0.6 is 0 Å². The van der Waals surface area contributed by atoms with Crippen molar-refractivity contribution in [3.63, 3.8) is 0 Å². The third-order valence-corrected chi connectivity index (χ3v) is 2.65. The lowest BCUT2D eigenvalue weighted by Gasteiger charge is -2.23. The fourth-order valence-electron chi connectivity index (χ4n) is 1.83. The SMILES string of the molecule is CCOC(OCC)[C@H]1CC(C)(C)C(=O)N1. The molecule has 1 atom stereocenters. The van der Waals surface area contributed by atoms with E-state index in [1.807, 2.05) is 27.7 Å². The Balaban J connectivity index is 2.59. The molecule has 0 radical (unpaired) electrons. The molecule has 4 nitrogen and oxygen atoms in total. The second-order valence-corrected chi connectivity index (χ2v) is 4.45. The van der Waals surface area contributed by atoms with E-state index in [1.165, 1.54) is 0 Å². The third-order valence-electron chi connectivity index (χ3n) is 2.65. The zero-order chi connectivity index (χ0) is 11.5. The van der Waals surface area contributed by atoms with Gasteiger partial charge in [0.15, 0.2) is 6.29 Å².